The molecular weight excluding hydrogens is 144 g/mol. The van der Waals surface area contributed by atoms with Gasteiger partial charge in [0.25, 0.3) is 0 Å². The van der Waals surface area contributed by atoms with E-state index in [0.29, 0.717) is 0 Å². The van der Waals surface area contributed by atoms with Gasteiger partial charge in [0.15, 0.2) is 0 Å². The fourth-order valence-electron chi connectivity index (χ4n) is 0.831. The van der Waals surface area contributed by atoms with Crippen LogP contribution in [0.4, 0.5) is 0 Å². The Morgan fingerprint density at radius 1 is 1.17 bits per heavy atom. The Morgan fingerprint density at radius 2 is 2.00 bits per heavy atom. The van der Waals surface area contributed by atoms with Gasteiger partial charge in [0, 0.05) is 19.3 Å². The maximum absolute atomic E-state index is 3.08. The minimum absolute atomic E-state index is 0.938. The average molecular weight is 161 g/mol. The van der Waals surface area contributed by atoms with Crippen LogP contribution in [0.2, 0.25) is 0 Å². The van der Waals surface area contributed by atoms with Crippen molar-refractivity contribution in [2.75, 3.05) is 0 Å². The zero-order valence-electron chi connectivity index (χ0n) is 8.11. The summed E-state index contributed by atoms with van der Waals surface area (Å²) in [5.41, 5.74) is 0. The highest BCUT2D eigenvalue weighted by Gasteiger charge is 1.84. The molecule has 0 aromatic rings. The van der Waals surface area contributed by atoms with Crippen LogP contribution in [0.5, 0.6) is 0 Å². The summed E-state index contributed by atoms with van der Waals surface area (Å²) >= 11 is 0. The van der Waals surface area contributed by atoms with E-state index in [0.717, 1.165) is 25.7 Å². The molecule has 12 heavy (non-hydrogen) atoms. The topological polar surface area (TPSA) is 0 Å². The smallest absolute Gasteiger partial charge is 0.0120 e. The maximum atomic E-state index is 3.08. The third-order valence-electron chi connectivity index (χ3n) is 1.43. The second-order valence-electron chi connectivity index (χ2n) is 2.52. The van der Waals surface area contributed by atoms with Gasteiger partial charge in [0.05, 0.1) is 0 Å². The van der Waals surface area contributed by atoms with Gasteiger partial charge in [-0.05, 0) is 26.2 Å². The Labute approximate surface area is 76.8 Å². The molecule has 0 saturated heterocycles. The molecular formula is C12H17. The van der Waals surface area contributed by atoms with Gasteiger partial charge in [0.1, 0.15) is 0 Å². The zero-order chi connectivity index (χ0) is 9.07. The van der Waals surface area contributed by atoms with E-state index in [4.69, 9.17) is 0 Å². The quantitative estimate of drug-likeness (QED) is 0.439. The Bertz CT molecular complexity index is 192. The highest BCUT2D eigenvalue weighted by atomic mass is 13.9. The predicted octanol–water partition coefficient (Wildman–Crippen LogP) is 3.19. The minimum atomic E-state index is 0.938. The number of hydrogen-bond acceptors (Lipinski definition) is 0. The van der Waals surface area contributed by atoms with Crippen LogP contribution in [0.3, 0.4) is 0 Å². The largest absolute Gasteiger partial charge is 0.107 e. The highest BCUT2D eigenvalue weighted by Crippen LogP contribution is 1.99. The van der Waals surface area contributed by atoms with E-state index < -0.39 is 0 Å². The van der Waals surface area contributed by atoms with Gasteiger partial charge in [-0.25, -0.2) is 0 Å². The molecule has 0 unspecified atom stereocenters. The summed E-state index contributed by atoms with van der Waals surface area (Å²) in [6.07, 6.45) is 7.48. The van der Waals surface area contributed by atoms with E-state index in [9.17, 15) is 0 Å². The predicted molar refractivity (Wildman–Crippen MR) is 54.3 cm³/mol. The lowest BCUT2D eigenvalue weighted by atomic mass is 10.1. The van der Waals surface area contributed by atoms with Crippen LogP contribution < -0.4 is 0 Å². The van der Waals surface area contributed by atoms with Crippen molar-refractivity contribution in [3.8, 4) is 23.7 Å². The fourth-order valence-corrected chi connectivity index (χ4v) is 0.831. The standard InChI is InChI=1S/C12H17/c1-3-5-7-9-11-12-10-8-6-4-2/h11H,3,8-10,12H2,1-2H3. The van der Waals surface area contributed by atoms with Crippen molar-refractivity contribution < 1.29 is 0 Å². The average Bonchev–Trinajstić information content (AvgIpc) is 2.10. The van der Waals surface area contributed by atoms with Crippen molar-refractivity contribution >= 4 is 0 Å². The van der Waals surface area contributed by atoms with Crippen LogP contribution >= 0.6 is 0 Å². The molecule has 0 fully saturated rings. The molecule has 0 bridgehead atoms. The minimum Gasteiger partial charge on any atom is -0.107 e. The van der Waals surface area contributed by atoms with E-state index in [-0.39, 0.29) is 0 Å². The van der Waals surface area contributed by atoms with Gasteiger partial charge in [-0.2, -0.15) is 0 Å². The molecule has 0 aliphatic rings. The molecule has 0 N–H and O–H groups in total. The van der Waals surface area contributed by atoms with Gasteiger partial charge in [-0.15, -0.1) is 23.7 Å². The van der Waals surface area contributed by atoms with Crippen LogP contribution in [0.25, 0.3) is 0 Å². The van der Waals surface area contributed by atoms with E-state index in [1.807, 2.05) is 6.92 Å². The van der Waals surface area contributed by atoms with Crippen molar-refractivity contribution in [1.29, 1.82) is 0 Å². The van der Waals surface area contributed by atoms with Crippen molar-refractivity contribution in [1.82, 2.24) is 0 Å². The SMILES string of the molecule is CC#CCCC[CH]CC#CCC. The van der Waals surface area contributed by atoms with Crippen molar-refractivity contribution in [3.63, 3.8) is 0 Å². The Kier molecular flexibility index (Phi) is 9.38. The summed E-state index contributed by atoms with van der Waals surface area (Å²) in [5.74, 6) is 12.1. The van der Waals surface area contributed by atoms with Crippen LogP contribution in [0.1, 0.15) is 46.0 Å². The number of rotatable bonds is 4. The molecule has 0 aromatic carbocycles. The van der Waals surface area contributed by atoms with E-state index in [1.54, 1.807) is 0 Å². The van der Waals surface area contributed by atoms with Gasteiger partial charge in [-0.1, -0.05) is 6.92 Å². The summed E-state index contributed by atoms with van der Waals surface area (Å²) in [6, 6.07) is 0. The van der Waals surface area contributed by atoms with Crippen LogP contribution in [0, 0.1) is 30.1 Å². The first-order valence-corrected chi connectivity index (χ1v) is 4.58. The molecule has 1 radical (unpaired) electrons. The normalized spacial score (nSPS) is 7.83. The molecule has 0 aliphatic carbocycles. The van der Waals surface area contributed by atoms with Crippen molar-refractivity contribution in [2.24, 2.45) is 0 Å². The van der Waals surface area contributed by atoms with Gasteiger partial charge in [-0.3, -0.25) is 0 Å². The summed E-state index contributed by atoms with van der Waals surface area (Å²) in [4.78, 5) is 0. The summed E-state index contributed by atoms with van der Waals surface area (Å²) < 4.78 is 0. The Balaban J connectivity index is 3.04. The molecule has 65 valence electrons. The fraction of sp³-hybridized carbons (Fsp3) is 0.583. The number of unbranched alkanes of at least 4 members (excludes halogenated alkanes) is 4. The van der Waals surface area contributed by atoms with Crippen LogP contribution in [-0.4, -0.2) is 0 Å². The maximum Gasteiger partial charge on any atom is 0.0120 e. The number of hydrogen-bond donors (Lipinski definition) is 0. The lowest BCUT2D eigenvalue weighted by Gasteiger charge is -1.91. The molecule has 0 heterocycles. The zero-order valence-corrected chi connectivity index (χ0v) is 8.11. The second-order valence-corrected chi connectivity index (χ2v) is 2.52. The van der Waals surface area contributed by atoms with Crippen LogP contribution in [-0.2, 0) is 0 Å². The van der Waals surface area contributed by atoms with Gasteiger partial charge in [0.2, 0.25) is 0 Å². The van der Waals surface area contributed by atoms with Gasteiger partial charge >= 0.3 is 0 Å². The molecule has 0 saturated carbocycles. The molecule has 0 atom stereocenters. The molecule has 0 spiro atoms. The van der Waals surface area contributed by atoms with Gasteiger partial charge < -0.3 is 0 Å². The van der Waals surface area contributed by atoms with Crippen LogP contribution in [0.15, 0.2) is 0 Å². The molecule has 0 aromatic heterocycles. The molecule has 0 aliphatic heterocycles. The first-order valence-electron chi connectivity index (χ1n) is 4.58. The lowest BCUT2D eigenvalue weighted by molar-refractivity contribution is 0.827. The Hall–Kier alpha value is -0.880. The summed E-state index contributed by atoms with van der Waals surface area (Å²) in [5, 5.41) is 0. The lowest BCUT2D eigenvalue weighted by Crippen LogP contribution is -1.76. The highest BCUT2D eigenvalue weighted by molar-refractivity contribution is 5.01. The summed E-state index contributed by atoms with van der Waals surface area (Å²) in [6.45, 7) is 3.96. The van der Waals surface area contributed by atoms with E-state index >= 15 is 0 Å². The molecule has 0 heteroatoms. The third-order valence-corrected chi connectivity index (χ3v) is 1.43. The molecule has 0 nitrogen and oxygen atoms in total. The van der Waals surface area contributed by atoms with Crippen molar-refractivity contribution in [3.05, 3.63) is 6.42 Å². The monoisotopic (exact) mass is 161 g/mol. The van der Waals surface area contributed by atoms with Crippen molar-refractivity contribution in [2.45, 2.75) is 46.0 Å². The second kappa shape index (κ2) is 10.1. The Morgan fingerprint density at radius 3 is 2.67 bits per heavy atom. The van der Waals surface area contributed by atoms with E-state index in [1.165, 1.54) is 6.42 Å². The first-order chi connectivity index (χ1) is 5.91. The molecule has 0 rings (SSSR count). The summed E-state index contributed by atoms with van der Waals surface area (Å²) in [7, 11) is 0. The van der Waals surface area contributed by atoms with E-state index in [2.05, 4.69) is 37.0 Å². The molecule has 0 amide bonds. The third kappa shape index (κ3) is 9.12. The first kappa shape index (κ1) is 11.1.